The van der Waals surface area contributed by atoms with E-state index in [1.807, 2.05) is 72.8 Å². The molecule has 4 aromatic rings. The molecule has 31 heavy (non-hydrogen) atoms. The van der Waals surface area contributed by atoms with E-state index in [2.05, 4.69) is 20.8 Å². The second kappa shape index (κ2) is 10.1. The van der Waals surface area contributed by atoms with Gasteiger partial charge >= 0.3 is 6.01 Å². The van der Waals surface area contributed by atoms with E-state index >= 15 is 0 Å². The maximum atomic E-state index is 5.94. The van der Waals surface area contributed by atoms with Crippen LogP contribution in [-0.4, -0.2) is 33.9 Å². The third kappa shape index (κ3) is 5.39. The van der Waals surface area contributed by atoms with Crippen molar-refractivity contribution in [3.8, 4) is 23.2 Å². The summed E-state index contributed by atoms with van der Waals surface area (Å²) in [4.78, 5) is 0. The Balaban J connectivity index is 1.38. The van der Waals surface area contributed by atoms with Crippen LogP contribution >= 0.6 is 11.6 Å². The first-order valence-corrected chi connectivity index (χ1v) is 10.2. The molecule has 8 heteroatoms. The maximum absolute atomic E-state index is 5.94. The van der Waals surface area contributed by atoms with Crippen LogP contribution in [0.3, 0.4) is 0 Å². The van der Waals surface area contributed by atoms with E-state index in [-0.39, 0.29) is 6.01 Å². The van der Waals surface area contributed by atoms with Gasteiger partial charge in [-0.15, -0.1) is 0 Å². The number of hydrogen-bond acceptors (Lipinski definition) is 6. The molecule has 0 spiro atoms. The SMILES string of the molecule is COc1cc(CNCCc2ccc(Cl)cc2)ccc1Oc1nnnn1-c1ccccc1. The van der Waals surface area contributed by atoms with E-state index in [1.54, 1.807) is 7.11 Å². The predicted octanol–water partition coefficient (Wildman–Crippen LogP) is 4.45. The monoisotopic (exact) mass is 435 g/mol. The lowest BCUT2D eigenvalue weighted by molar-refractivity contribution is 0.362. The number of aromatic nitrogens is 4. The van der Waals surface area contributed by atoms with E-state index in [0.717, 1.165) is 29.2 Å². The third-order valence-corrected chi connectivity index (χ3v) is 4.96. The first kappa shape index (κ1) is 20.8. The summed E-state index contributed by atoms with van der Waals surface area (Å²) in [6, 6.07) is 23.5. The van der Waals surface area contributed by atoms with Gasteiger partial charge in [-0.05, 0) is 70.9 Å². The van der Waals surface area contributed by atoms with Crippen molar-refractivity contribution in [2.45, 2.75) is 13.0 Å². The van der Waals surface area contributed by atoms with Gasteiger partial charge in [-0.3, -0.25) is 0 Å². The lowest BCUT2D eigenvalue weighted by atomic mass is 10.1. The minimum absolute atomic E-state index is 0.262. The Hall–Kier alpha value is -3.42. The number of para-hydroxylation sites is 1. The van der Waals surface area contributed by atoms with E-state index < -0.39 is 0 Å². The Labute approximate surface area is 185 Å². The number of rotatable bonds is 9. The highest BCUT2D eigenvalue weighted by Crippen LogP contribution is 2.32. The standard InChI is InChI=1S/C23H22ClN5O2/c1-30-22-15-18(16-25-14-13-17-7-10-19(24)11-8-17)9-12-21(22)31-23-26-27-28-29(23)20-5-3-2-4-6-20/h2-12,15,25H,13-14,16H2,1H3. The van der Waals surface area contributed by atoms with E-state index in [0.29, 0.717) is 18.0 Å². The summed E-state index contributed by atoms with van der Waals surface area (Å²) >= 11 is 5.93. The summed E-state index contributed by atoms with van der Waals surface area (Å²) in [5.74, 6) is 1.15. The Morgan fingerprint density at radius 3 is 2.48 bits per heavy atom. The van der Waals surface area contributed by atoms with Gasteiger partial charge in [0.2, 0.25) is 0 Å². The second-order valence-electron chi connectivity index (χ2n) is 6.85. The molecule has 0 aliphatic heterocycles. The maximum Gasteiger partial charge on any atom is 0.346 e. The zero-order valence-electron chi connectivity index (χ0n) is 17.0. The van der Waals surface area contributed by atoms with Gasteiger partial charge in [0.1, 0.15) is 0 Å². The molecule has 0 atom stereocenters. The number of hydrogen-bond donors (Lipinski definition) is 1. The van der Waals surface area contributed by atoms with Gasteiger partial charge in [0.15, 0.2) is 11.5 Å². The molecule has 0 saturated carbocycles. The van der Waals surface area contributed by atoms with Gasteiger partial charge in [0.25, 0.3) is 0 Å². The molecule has 3 aromatic carbocycles. The Bertz CT molecular complexity index is 1120. The highest BCUT2D eigenvalue weighted by atomic mass is 35.5. The smallest absolute Gasteiger partial charge is 0.346 e. The van der Waals surface area contributed by atoms with Crippen LogP contribution in [-0.2, 0) is 13.0 Å². The summed E-state index contributed by atoms with van der Waals surface area (Å²) in [5.41, 5.74) is 3.14. The van der Waals surface area contributed by atoms with Gasteiger partial charge < -0.3 is 14.8 Å². The number of methoxy groups -OCH3 is 1. The predicted molar refractivity (Wildman–Crippen MR) is 119 cm³/mol. The molecule has 1 heterocycles. The van der Waals surface area contributed by atoms with Crippen molar-refractivity contribution in [3.63, 3.8) is 0 Å². The summed E-state index contributed by atoms with van der Waals surface area (Å²) in [5, 5.41) is 15.9. The van der Waals surface area contributed by atoms with Crippen LogP contribution in [0.15, 0.2) is 72.8 Å². The lowest BCUT2D eigenvalue weighted by Crippen LogP contribution is -2.16. The average Bonchev–Trinajstić information content (AvgIpc) is 3.27. The zero-order valence-corrected chi connectivity index (χ0v) is 17.8. The minimum atomic E-state index is 0.262. The molecule has 0 saturated heterocycles. The van der Waals surface area contributed by atoms with Crippen LogP contribution in [0.2, 0.25) is 5.02 Å². The number of ether oxygens (including phenoxy) is 2. The van der Waals surface area contributed by atoms with Crippen molar-refractivity contribution in [2.75, 3.05) is 13.7 Å². The number of nitrogens with one attached hydrogen (secondary N) is 1. The molecule has 0 aliphatic carbocycles. The number of halogens is 1. The van der Waals surface area contributed by atoms with Crippen LogP contribution in [0.1, 0.15) is 11.1 Å². The fourth-order valence-corrected chi connectivity index (χ4v) is 3.22. The van der Waals surface area contributed by atoms with Crippen LogP contribution in [0.25, 0.3) is 5.69 Å². The molecule has 0 radical (unpaired) electrons. The van der Waals surface area contributed by atoms with Crippen LogP contribution in [0, 0.1) is 0 Å². The van der Waals surface area contributed by atoms with E-state index in [9.17, 15) is 0 Å². The molecular formula is C23H22ClN5O2. The van der Waals surface area contributed by atoms with Gasteiger partial charge in [0, 0.05) is 11.6 Å². The molecular weight excluding hydrogens is 414 g/mol. The van der Waals surface area contributed by atoms with Crippen molar-refractivity contribution in [1.82, 2.24) is 25.5 Å². The summed E-state index contributed by atoms with van der Waals surface area (Å²) in [6.07, 6.45) is 0.928. The zero-order chi connectivity index (χ0) is 21.5. The normalized spacial score (nSPS) is 10.8. The summed E-state index contributed by atoms with van der Waals surface area (Å²) < 4.78 is 13.0. The van der Waals surface area contributed by atoms with Gasteiger partial charge in [-0.25, -0.2) is 0 Å². The first-order valence-electron chi connectivity index (χ1n) is 9.86. The molecule has 158 valence electrons. The van der Waals surface area contributed by atoms with Crippen LogP contribution < -0.4 is 14.8 Å². The Morgan fingerprint density at radius 2 is 1.71 bits per heavy atom. The van der Waals surface area contributed by atoms with Crippen molar-refractivity contribution < 1.29 is 9.47 Å². The molecule has 0 unspecified atom stereocenters. The van der Waals surface area contributed by atoms with Crippen molar-refractivity contribution in [1.29, 1.82) is 0 Å². The summed E-state index contributed by atoms with van der Waals surface area (Å²) in [6.45, 7) is 1.57. The largest absolute Gasteiger partial charge is 0.493 e. The Morgan fingerprint density at radius 1 is 0.935 bits per heavy atom. The van der Waals surface area contributed by atoms with Crippen LogP contribution in [0.4, 0.5) is 0 Å². The second-order valence-corrected chi connectivity index (χ2v) is 7.29. The Kier molecular flexibility index (Phi) is 6.76. The fraction of sp³-hybridized carbons (Fsp3) is 0.174. The molecule has 0 bridgehead atoms. The van der Waals surface area contributed by atoms with E-state index in [1.165, 1.54) is 10.2 Å². The third-order valence-electron chi connectivity index (χ3n) is 4.70. The van der Waals surface area contributed by atoms with Crippen molar-refractivity contribution in [3.05, 3.63) is 88.9 Å². The van der Waals surface area contributed by atoms with Crippen molar-refractivity contribution >= 4 is 11.6 Å². The number of benzene rings is 3. The molecule has 0 aliphatic rings. The van der Waals surface area contributed by atoms with Gasteiger partial charge in [0.05, 0.1) is 12.8 Å². The highest BCUT2D eigenvalue weighted by Gasteiger charge is 2.14. The average molecular weight is 436 g/mol. The summed E-state index contributed by atoms with van der Waals surface area (Å²) in [7, 11) is 1.61. The topological polar surface area (TPSA) is 74.1 Å². The van der Waals surface area contributed by atoms with Crippen LogP contribution in [0.5, 0.6) is 17.5 Å². The quantitative estimate of drug-likeness (QED) is 0.391. The van der Waals surface area contributed by atoms with Crippen molar-refractivity contribution in [2.24, 2.45) is 0 Å². The van der Waals surface area contributed by atoms with Gasteiger partial charge in [-0.2, -0.15) is 4.68 Å². The molecule has 1 N–H and O–H groups in total. The molecule has 4 rings (SSSR count). The molecule has 1 aromatic heterocycles. The van der Waals surface area contributed by atoms with Gasteiger partial charge in [-0.1, -0.05) is 53.1 Å². The molecule has 0 amide bonds. The minimum Gasteiger partial charge on any atom is -0.493 e. The molecule has 7 nitrogen and oxygen atoms in total. The number of tetrazole rings is 1. The highest BCUT2D eigenvalue weighted by molar-refractivity contribution is 6.30. The fourth-order valence-electron chi connectivity index (χ4n) is 3.09. The lowest BCUT2D eigenvalue weighted by Gasteiger charge is -2.12. The molecule has 0 fully saturated rings. The number of nitrogens with zero attached hydrogens (tertiary/aromatic N) is 4. The first-order chi connectivity index (χ1) is 15.2. The van der Waals surface area contributed by atoms with E-state index in [4.69, 9.17) is 21.1 Å².